The zero-order chi connectivity index (χ0) is 17.8. The first-order chi connectivity index (χ1) is 12.8. The van der Waals surface area contributed by atoms with Gasteiger partial charge in [0.25, 0.3) is 5.91 Å². The minimum Gasteiger partial charge on any atom is -0.483 e. The second-order valence-corrected chi connectivity index (χ2v) is 6.81. The lowest BCUT2D eigenvalue weighted by atomic mass is 9.91. The van der Waals surface area contributed by atoms with Crippen LogP contribution in [0.4, 0.5) is 5.95 Å². The van der Waals surface area contributed by atoms with Crippen LogP contribution < -0.4 is 9.64 Å². The van der Waals surface area contributed by atoms with Gasteiger partial charge in [-0.2, -0.15) is 0 Å². The Balaban J connectivity index is 1.31. The minimum atomic E-state index is 0.0482. The first-order valence-corrected chi connectivity index (χ1v) is 9.34. The van der Waals surface area contributed by atoms with E-state index in [1.54, 1.807) is 12.4 Å². The molecule has 6 nitrogen and oxygen atoms in total. The molecule has 2 heterocycles. The highest BCUT2D eigenvalue weighted by atomic mass is 16.5. The van der Waals surface area contributed by atoms with Crippen molar-refractivity contribution in [1.29, 1.82) is 0 Å². The average Bonchev–Trinajstić information content (AvgIpc) is 2.73. The monoisotopic (exact) mass is 352 g/mol. The third-order valence-corrected chi connectivity index (χ3v) is 5.17. The van der Waals surface area contributed by atoms with Crippen molar-refractivity contribution >= 4 is 11.9 Å². The number of aryl methyl sites for hydroxylation is 1. The maximum absolute atomic E-state index is 12.5. The molecule has 1 aromatic heterocycles. The van der Waals surface area contributed by atoms with Crippen LogP contribution in [0.25, 0.3) is 0 Å². The van der Waals surface area contributed by atoms with Crippen molar-refractivity contribution in [2.24, 2.45) is 0 Å². The summed E-state index contributed by atoms with van der Waals surface area (Å²) in [6.45, 7) is 2.95. The standard InChI is InChI=1S/C20H24N4O2/c25-19(15-26-18-8-3-6-16-5-1-2-7-17(16)18)23-11-13-24(14-12-23)20-21-9-4-10-22-20/h3-4,6,8-10H,1-2,5,7,11-15H2. The molecule has 0 atom stereocenters. The molecule has 1 aromatic carbocycles. The second kappa shape index (κ2) is 7.72. The van der Waals surface area contributed by atoms with E-state index in [-0.39, 0.29) is 12.5 Å². The molecule has 2 aromatic rings. The van der Waals surface area contributed by atoms with Crippen molar-refractivity contribution < 1.29 is 9.53 Å². The Bertz CT molecular complexity index is 758. The quantitative estimate of drug-likeness (QED) is 0.843. The second-order valence-electron chi connectivity index (χ2n) is 6.81. The molecule has 4 rings (SSSR count). The number of fused-ring (bicyclic) bond motifs is 1. The molecule has 0 bridgehead atoms. The van der Waals surface area contributed by atoms with Crippen LogP contribution in [-0.2, 0) is 17.6 Å². The van der Waals surface area contributed by atoms with E-state index in [9.17, 15) is 4.79 Å². The highest BCUT2D eigenvalue weighted by Gasteiger charge is 2.23. The van der Waals surface area contributed by atoms with E-state index in [1.807, 2.05) is 23.1 Å². The Morgan fingerprint density at radius 2 is 1.77 bits per heavy atom. The Labute approximate surface area is 153 Å². The molecule has 0 unspecified atom stereocenters. The molecular weight excluding hydrogens is 328 g/mol. The maximum Gasteiger partial charge on any atom is 0.260 e. The number of nitrogens with zero attached hydrogens (tertiary/aromatic N) is 4. The summed E-state index contributed by atoms with van der Waals surface area (Å²) in [5, 5.41) is 0. The van der Waals surface area contributed by atoms with Gasteiger partial charge in [0.15, 0.2) is 6.61 Å². The first kappa shape index (κ1) is 16.8. The van der Waals surface area contributed by atoms with Crippen LogP contribution in [0.3, 0.4) is 0 Å². The smallest absolute Gasteiger partial charge is 0.260 e. The fraction of sp³-hybridized carbons (Fsp3) is 0.450. The molecule has 0 N–H and O–H groups in total. The molecule has 1 aliphatic heterocycles. The number of aromatic nitrogens is 2. The van der Waals surface area contributed by atoms with E-state index in [0.717, 1.165) is 37.6 Å². The number of ether oxygens (including phenoxy) is 1. The lowest BCUT2D eigenvalue weighted by Gasteiger charge is -2.34. The summed E-state index contributed by atoms with van der Waals surface area (Å²) in [4.78, 5) is 25.1. The number of anilines is 1. The molecule has 0 spiro atoms. The number of rotatable bonds is 4. The maximum atomic E-state index is 12.5. The predicted molar refractivity (Wildman–Crippen MR) is 99.4 cm³/mol. The summed E-state index contributed by atoms with van der Waals surface area (Å²) in [5.41, 5.74) is 2.66. The Hall–Kier alpha value is -2.63. The molecule has 2 aliphatic rings. The van der Waals surface area contributed by atoms with Gasteiger partial charge in [-0.05, 0) is 48.9 Å². The normalized spacial score (nSPS) is 16.9. The van der Waals surface area contributed by atoms with E-state index in [4.69, 9.17) is 4.74 Å². The number of benzene rings is 1. The first-order valence-electron chi connectivity index (χ1n) is 9.34. The molecule has 0 radical (unpaired) electrons. The number of hydrogen-bond donors (Lipinski definition) is 0. The Kier molecular flexibility index (Phi) is 5.00. The van der Waals surface area contributed by atoms with Crippen LogP contribution in [-0.4, -0.2) is 53.6 Å². The average molecular weight is 352 g/mol. The van der Waals surface area contributed by atoms with E-state index >= 15 is 0 Å². The topological polar surface area (TPSA) is 58.6 Å². The summed E-state index contributed by atoms with van der Waals surface area (Å²) in [5.74, 6) is 1.66. The molecule has 1 aliphatic carbocycles. The SMILES string of the molecule is O=C(COc1cccc2c1CCCC2)N1CCN(c2ncccn2)CC1. The van der Waals surface area contributed by atoms with Crippen molar-refractivity contribution in [3.8, 4) is 5.75 Å². The van der Waals surface area contributed by atoms with Gasteiger partial charge in [0.2, 0.25) is 5.95 Å². The van der Waals surface area contributed by atoms with Gasteiger partial charge in [-0.25, -0.2) is 9.97 Å². The van der Waals surface area contributed by atoms with Crippen molar-refractivity contribution in [3.05, 3.63) is 47.8 Å². The van der Waals surface area contributed by atoms with E-state index < -0.39 is 0 Å². The number of hydrogen-bond acceptors (Lipinski definition) is 5. The summed E-state index contributed by atoms with van der Waals surface area (Å²) >= 11 is 0. The highest BCUT2D eigenvalue weighted by Crippen LogP contribution is 2.29. The summed E-state index contributed by atoms with van der Waals surface area (Å²) in [6.07, 6.45) is 8.09. The predicted octanol–water partition coefficient (Wildman–Crippen LogP) is 2.08. The molecule has 136 valence electrons. The van der Waals surface area contributed by atoms with Crippen LogP contribution in [0.2, 0.25) is 0 Å². The van der Waals surface area contributed by atoms with Crippen LogP contribution in [0, 0.1) is 0 Å². The number of carbonyl (C=O) groups excluding carboxylic acids is 1. The Morgan fingerprint density at radius 3 is 2.58 bits per heavy atom. The van der Waals surface area contributed by atoms with E-state index in [0.29, 0.717) is 13.1 Å². The lowest BCUT2D eigenvalue weighted by molar-refractivity contribution is -0.133. The molecule has 6 heteroatoms. The van der Waals surface area contributed by atoms with Gasteiger partial charge in [0, 0.05) is 38.6 Å². The van der Waals surface area contributed by atoms with Gasteiger partial charge < -0.3 is 14.5 Å². The van der Waals surface area contributed by atoms with Crippen LogP contribution in [0.5, 0.6) is 5.75 Å². The zero-order valence-electron chi connectivity index (χ0n) is 14.9. The van der Waals surface area contributed by atoms with Crippen LogP contribution in [0.15, 0.2) is 36.7 Å². The fourth-order valence-electron chi connectivity index (χ4n) is 3.72. The minimum absolute atomic E-state index is 0.0482. The molecular formula is C20H24N4O2. The summed E-state index contributed by atoms with van der Waals surface area (Å²) < 4.78 is 5.90. The largest absolute Gasteiger partial charge is 0.483 e. The van der Waals surface area contributed by atoms with Crippen LogP contribution in [0.1, 0.15) is 24.0 Å². The van der Waals surface area contributed by atoms with Gasteiger partial charge in [-0.1, -0.05) is 12.1 Å². The van der Waals surface area contributed by atoms with Crippen molar-refractivity contribution in [3.63, 3.8) is 0 Å². The Morgan fingerprint density at radius 1 is 1.00 bits per heavy atom. The summed E-state index contributed by atoms with van der Waals surface area (Å²) in [6, 6.07) is 8.00. The molecule has 1 saturated heterocycles. The van der Waals surface area contributed by atoms with Gasteiger partial charge in [-0.15, -0.1) is 0 Å². The lowest BCUT2D eigenvalue weighted by Crippen LogP contribution is -2.50. The molecule has 0 saturated carbocycles. The van der Waals surface area contributed by atoms with Gasteiger partial charge in [-0.3, -0.25) is 4.79 Å². The fourth-order valence-corrected chi connectivity index (χ4v) is 3.72. The number of carbonyl (C=O) groups is 1. The van der Waals surface area contributed by atoms with Crippen molar-refractivity contribution in [2.75, 3.05) is 37.7 Å². The highest BCUT2D eigenvalue weighted by molar-refractivity contribution is 5.78. The number of piperazine rings is 1. The summed E-state index contributed by atoms with van der Waals surface area (Å²) in [7, 11) is 0. The molecule has 1 amide bonds. The van der Waals surface area contributed by atoms with Gasteiger partial charge >= 0.3 is 0 Å². The van der Waals surface area contributed by atoms with E-state index in [1.165, 1.54) is 24.0 Å². The third kappa shape index (κ3) is 3.64. The third-order valence-electron chi connectivity index (χ3n) is 5.17. The molecule has 1 fully saturated rings. The number of amides is 1. The van der Waals surface area contributed by atoms with Crippen LogP contribution >= 0.6 is 0 Å². The van der Waals surface area contributed by atoms with Gasteiger partial charge in [0.1, 0.15) is 5.75 Å². The van der Waals surface area contributed by atoms with Crippen molar-refractivity contribution in [2.45, 2.75) is 25.7 Å². The molecule has 26 heavy (non-hydrogen) atoms. The zero-order valence-corrected chi connectivity index (χ0v) is 14.9. The van der Waals surface area contributed by atoms with Crippen molar-refractivity contribution in [1.82, 2.24) is 14.9 Å². The van der Waals surface area contributed by atoms with Gasteiger partial charge in [0.05, 0.1) is 0 Å². The van der Waals surface area contributed by atoms with E-state index in [2.05, 4.69) is 20.9 Å².